The molecule has 0 aliphatic rings. The molecule has 0 saturated carbocycles. The third-order valence-electron chi connectivity index (χ3n) is 2.91. The topological polar surface area (TPSA) is 46.8 Å². The minimum atomic E-state index is 0.541. The Morgan fingerprint density at radius 1 is 1.35 bits per heavy atom. The summed E-state index contributed by atoms with van der Waals surface area (Å²) in [4.78, 5) is 11.2. The highest BCUT2D eigenvalue weighted by Crippen LogP contribution is 2.18. The van der Waals surface area contributed by atoms with Gasteiger partial charge in [0.2, 0.25) is 5.95 Å². The van der Waals surface area contributed by atoms with Crippen molar-refractivity contribution in [1.82, 2.24) is 19.7 Å². The quantitative estimate of drug-likeness (QED) is 0.841. The Balaban J connectivity index is 2.24. The van der Waals surface area contributed by atoms with E-state index in [9.17, 15) is 0 Å². The van der Waals surface area contributed by atoms with E-state index in [0.29, 0.717) is 5.92 Å². The zero-order valence-corrected chi connectivity index (χ0v) is 13.9. The molecule has 0 aliphatic carbocycles. The van der Waals surface area contributed by atoms with Gasteiger partial charge in [0, 0.05) is 38.1 Å². The highest BCUT2D eigenvalue weighted by atomic mass is 79.9. The molecule has 2 aromatic rings. The predicted molar refractivity (Wildman–Crippen MR) is 83.6 cm³/mol. The fraction of sp³-hybridized carbons (Fsp3) is 0.500. The number of aromatic nitrogens is 4. The Morgan fingerprint density at radius 3 is 2.65 bits per heavy atom. The Hall–Kier alpha value is -1.43. The molecule has 2 rings (SSSR count). The molecule has 2 heterocycles. The fourth-order valence-corrected chi connectivity index (χ4v) is 2.22. The van der Waals surface area contributed by atoms with Crippen LogP contribution in [0.25, 0.3) is 0 Å². The third-order valence-corrected chi connectivity index (χ3v) is 3.69. The van der Waals surface area contributed by atoms with E-state index in [1.165, 1.54) is 0 Å². The van der Waals surface area contributed by atoms with Gasteiger partial charge in [0.15, 0.2) is 0 Å². The molecule has 0 radical (unpaired) electrons. The average Bonchev–Trinajstić information content (AvgIpc) is 2.77. The number of hydrogen-bond donors (Lipinski definition) is 0. The summed E-state index contributed by atoms with van der Waals surface area (Å²) in [6.45, 7) is 8.06. The van der Waals surface area contributed by atoms with E-state index in [1.54, 1.807) is 0 Å². The van der Waals surface area contributed by atoms with Crippen LogP contribution in [-0.4, -0.2) is 26.3 Å². The van der Waals surface area contributed by atoms with Crippen molar-refractivity contribution < 1.29 is 0 Å². The lowest BCUT2D eigenvalue weighted by molar-refractivity contribution is 0.598. The molecular weight excluding hydrogens is 318 g/mol. The maximum absolute atomic E-state index is 4.57. The van der Waals surface area contributed by atoms with Crippen LogP contribution in [-0.2, 0) is 13.6 Å². The standard InChI is InChI=1S/C14H20BrN5/c1-10(2)7-20(9-12-5-17-19(4)8-12)14-16-6-13(15)11(3)18-14/h5-6,8,10H,7,9H2,1-4H3. The van der Waals surface area contributed by atoms with Crippen LogP contribution in [0.2, 0.25) is 0 Å². The van der Waals surface area contributed by atoms with Gasteiger partial charge >= 0.3 is 0 Å². The van der Waals surface area contributed by atoms with Gasteiger partial charge < -0.3 is 4.90 Å². The smallest absolute Gasteiger partial charge is 0.225 e. The van der Waals surface area contributed by atoms with Crippen LogP contribution >= 0.6 is 15.9 Å². The lowest BCUT2D eigenvalue weighted by atomic mass is 10.2. The van der Waals surface area contributed by atoms with E-state index in [1.807, 2.05) is 37.2 Å². The summed E-state index contributed by atoms with van der Waals surface area (Å²) in [7, 11) is 1.93. The summed E-state index contributed by atoms with van der Waals surface area (Å²) in [5.74, 6) is 1.31. The minimum Gasteiger partial charge on any atom is -0.336 e. The molecular formula is C14H20BrN5. The SMILES string of the molecule is Cc1nc(N(Cc2cnn(C)c2)CC(C)C)ncc1Br. The zero-order chi connectivity index (χ0) is 14.7. The Labute approximate surface area is 128 Å². The molecule has 0 aromatic carbocycles. The van der Waals surface area contributed by atoms with Crippen molar-refractivity contribution in [2.75, 3.05) is 11.4 Å². The molecule has 108 valence electrons. The summed E-state index contributed by atoms with van der Waals surface area (Å²) in [6.07, 6.45) is 5.73. The van der Waals surface area contributed by atoms with Crippen molar-refractivity contribution in [2.45, 2.75) is 27.3 Å². The molecule has 0 unspecified atom stereocenters. The molecule has 0 saturated heterocycles. The first-order valence-corrected chi connectivity index (χ1v) is 7.46. The highest BCUT2D eigenvalue weighted by Gasteiger charge is 2.14. The van der Waals surface area contributed by atoms with Gasteiger partial charge in [-0.1, -0.05) is 13.8 Å². The average molecular weight is 338 g/mol. The molecule has 0 aliphatic heterocycles. The van der Waals surface area contributed by atoms with E-state index in [4.69, 9.17) is 0 Å². The molecule has 0 atom stereocenters. The van der Waals surface area contributed by atoms with E-state index < -0.39 is 0 Å². The Bertz CT molecular complexity index is 579. The maximum Gasteiger partial charge on any atom is 0.225 e. The molecule has 0 spiro atoms. The van der Waals surface area contributed by atoms with Crippen LogP contribution in [0.15, 0.2) is 23.1 Å². The lowest BCUT2D eigenvalue weighted by Gasteiger charge is -2.24. The van der Waals surface area contributed by atoms with Crippen LogP contribution in [0.4, 0.5) is 5.95 Å². The van der Waals surface area contributed by atoms with Crippen LogP contribution < -0.4 is 4.90 Å². The molecule has 0 N–H and O–H groups in total. The van der Waals surface area contributed by atoms with Crippen molar-refractivity contribution in [3.63, 3.8) is 0 Å². The van der Waals surface area contributed by atoms with Gasteiger partial charge in [-0.25, -0.2) is 9.97 Å². The summed E-state index contributed by atoms with van der Waals surface area (Å²) < 4.78 is 2.75. The number of aryl methyl sites for hydroxylation is 2. The van der Waals surface area contributed by atoms with E-state index >= 15 is 0 Å². The van der Waals surface area contributed by atoms with Gasteiger partial charge in [-0.05, 0) is 28.8 Å². The first-order valence-electron chi connectivity index (χ1n) is 6.67. The number of rotatable bonds is 5. The molecule has 6 heteroatoms. The van der Waals surface area contributed by atoms with E-state index in [2.05, 4.69) is 49.7 Å². The van der Waals surface area contributed by atoms with Gasteiger partial charge in [0.25, 0.3) is 0 Å². The minimum absolute atomic E-state index is 0.541. The van der Waals surface area contributed by atoms with E-state index in [-0.39, 0.29) is 0 Å². The molecule has 0 bridgehead atoms. The predicted octanol–water partition coefficient (Wildman–Crippen LogP) is 2.94. The van der Waals surface area contributed by atoms with Gasteiger partial charge in [-0.2, -0.15) is 5.10 Å². The summed E-state index contributed by atoms with van der Waals surface area (Å²) in [5, 5.41) is 4.22. The largest absolute Gasteiger partial charge is 0.336 e. The Kier molecular flexibility index (Phi) is 4.75. The van der Waals surface area contributed by atoms with Crippen molar-refractivity contribution in [3.8, 4) is 0 Å². The maximum atomic E-state index is 4.57. The molecule has 0 fully saturated rings. The van der Waals surface area contributed by atoms with Crippen molar-refractivity contribution >= 4 is 21.9 Å². The summed E-state index contributed by atoms with van der Waals surface area (Å²) in [5.41, 5.74) is 2.12. The molecule has 20 heavy (non-hydrogen) atoms. The third kappa shape index (κ3) is 3.79. The van der Waals surface area contributed by atoms with Crippen molar-refractivity contribution in [2.24, 2.45) is 13.0 Å². The highest BCUT2D eigenvalue weighted by molar-refractivity contribution is 9.10. The Morgan fingerprint density at radius 2 is 2.10 bits per heavy atom. The first-order chi connectivity index (χ1) is 9.45. The van der Waals surface area contributed by atoms with Gasteiger partial charge in [0.05, 0.1) is 16.4 Å². The lowest BCUT2D eigenvalue weighted by Crippen LogP contribution is -2.29. The first kappa shape index (κ1) is 15.0. The number of hydrogen-bond acceptors (Lipinski definition) is 4. The van der Waals surface area contributed by atoms with Crippen molar-refractivity contribution in [3.05, 3.63) is 34.3 Å². The van der Waals surface area contributed by atoms with Crippen LogP contribution in [0.3, 0.4) is 0 Å². The second-order valence-electron chi connectivity index (χ2n) is 5.40. The van der Waals surface area contributed by atoms with E-state index in [0.717, 1.165) is 34.8 Å². The zero-order valence-electron chi connectivity index (χ0n) is 12.3. The fourth-order valence-electron chi connectivity index (χ4n) is 2.02. The van der Waals surface area contributed by atoms with Crippen LogP contribution in [0.5, 0.6) is 0 Å². The van der Waals surface area contributed by atoms with Crippen LogP contribution in [0, 0.1) is 12.8 Å². The molecule has 2 aromatic heterocycles. The van der Waals surface area contributed by atoms with Gasteiger partial charge in [0.1, 0.15) is 0 Å². The number of halogens is 1. The van der Waals surface area contributed by atoms with Gasteiger partial charge in [-0.15, -0.1) is 0 Å². The normalized spacial score (nSPS) is 11.1. The summed E-state index contributed by atoms with van der Waals surface area (Å²) >= 11 is 3.44. The van der Waals surface area contributed by atoms with Gasteiger partial charge in [-0.3, -0.25) is 4.68 Å². The molecule has 0 amide bonds. The number of nitrogens with zero attached hydrogens (tertiary/aromatic N) is 5. The van der Waals surface area contributed by atoms with Crippen LogP contribution in [0.1, 0.15) is 25.1 Å². The second-order valence-corrected chi connectivity index (χ2v) is 6.25. The monoisotopic (exact) mass is 337 g/mol. The summed E-state index contributed by atoms with van der Waals surface area (Å²) in [6, 6.07) is 0. The van der Waals surface area contributed by atoms with Crippen molar-refractivity contribution in [1.29, 1.82) is 0 Å². The second kappa shape index (κ2) is 6.35. The molecule has 5 nitrogen and oxygen atoms in total. The number of anilines is 1.